The smallest absolute Gasteiger partial charge is 0.481 e. The van der Waals surface area contributed by atoms with Gasteiger partial charge in [0.1, 0.15) is 0 Å². The van der Waals surface area contributed by atoms with Gasteiger partial charge in [0.25, 0.3) is 0 Å². The van der Waals surface area contributed by atoms with Gasteiger partial charge in [-0.1, -0.05) is 6.07 Å². The number of carboxylic acids is 4. The van der Waals surface area contributed by atoms with Gasteiger partial charge in [0, 0.05) is 57.1 Å². The highest BCUT2D eigenvalue weighted by molar-refractivity contribution is 5.76. The van der Waals surface area contributed by atoms with Gasteiger partial charge in [0.2, 0.25) is 0 Å². The van der Waals surface area contributed by atoms with E-state index >= 15 is 0 Å². The third-order valence-corrected chi connectivity index (χ3v) is 6.99. The van der Waals surface area contributed by atoms with E-state index in [2.05, 4.69) is 20.9 Å². The average Bonchev–Trinajstić information content (AvgIpc) is 3.53. The predicted octanol–water partition coefficient (Wildman–Crippen LogP) is 3.37. The van der Waals surface area contributed by atoms with Crippen molar-refractivity contribution in [1.82, 2.24) is 14.8 Å². The largest absolute Gasteiger partial charge is 0.490 e. The van der Waals surface area contributed by atoms with Crippen LogP contribution in [0.1, 0.15) is 24.8 Å². The van der Waals surface area contributed by atoms with Gasteiger partial charge in [-0.05, 0) is 37.4 Å². The van der Waals surface area contributed by atoms with Crippen molar-refractivity contribution in [2.24, 2.45) is 11.3 Å². The van der Waals surface area contributed by atoms with Crippen molar-refractivity contribution >= 4 is 23.9 Å². The van der Waals surface area contributed by atoms with Crippen LogP contribution < -0.4 is 0 Å². The van der Waals surface area contributed by atoms with Gasteiger partial charge in [0.15, 0.2) is 0 Å². The molecule has 0 spiro atoms. The molecule has 1 aromatic heterocycles. The molecular weight excluding hydrogens is 657 g/mol. The van der Waals surface area contributed by atoms with Gasteiger partial charge in [-0.25, -0.2) is 14.4 Å². The number of aromatic nitrogens is 1. The Kier molecular flexibility index (Phi) is 14.7. The fourth-order valence-corrected chi connectivity index (χ4v) is 4.93. The number of fused-ring (bicyclic) bond motifs is 1. The number of hydrogen-bond acceptors (Lipinski definition) is 8. The second-order valence-corrected chi connectivity index (χ2v) is 10.2. The third kappa shape index (κ3) is 12.9. The number of ether oxygens (including phenoxy) is 1. The first kappa shape index (κ1) is 40.3. The lowest BCUT2D eigenvalue weighted by atomic mass is 9.75. The molecule has 1 aromatic rings. The van der Waals surface area contributed by atoms with Crippen molar-refractivity contribution < 1.29 is 83.9 Å². The lowest BCUT2D eigenvalue weighted by molar-refractivity contribution is -0.193. The standard InChI is InChI=1S/C19H27N3O3.3C2HF3O2/c23-18(24)19-5-2-7-22(17-4-8-25-13-17)12-16(19)11-21(14-19)10-15-3-1-6-20-9-15;3*3-2(4,5)1(6)7/h1,3,6,9,16-17H,2,4-5,7-8,10-14H2,(H,23,24);3*(H,6,7)/t16-,17?,19+;;;/m1.../s1. The highest BCUT2D eigenvalue weighted by atomic mass is 19.4. The third-order valence-electron chi connectivity index (χ3n) is 6.99. The molecule has 4 rings (SSSR count). The lowest BCUT2D eigenvalue weighted by Crippen LogP contribution is -2.44. The molecule has 4 heterocycles. The average molecular weight is 688 g/mol. The van der Waals surface area contributed by atoms with Gasteiger partial charge in [-0.15, -0.1) is 0 Å². The molecule has 0 bridgehead atoms. The maximum Gasteiger partial charge on any atom is 0.490 e. The Hall–Kier alpha value is -3.72. The molecule has 0 aromatic carbocycles. The van der Waals surface area contributed by atoms with Crippen molar-refractivity contribution in [3.8, 4) is 0 Å². The number of carboxylic acid groups (broad SMARTS) is 4. The molecule has 0 radical (unpaired) electrons. The number of aliphatic carboxylic acids is 4. The van der Waals surface area contributed by atoms with E-state index in [-0.39, 0.29) is 5.92 Å². The number of pyridine rings is 1. The van der Waals surface area contributed by atoms with Crippen molar-refractivity contribution in [1.29, 1.82) is 0 Å². The minimum Gasteiger partial charge on any atom is -0.481 e. The zero-order valence-corrected chi connectivity index (χ0v) is 23.6. The molecule has 0 saturated carbocycles. The van der Waals surface area contributed by atoms with Gasteiger partial charge < -0.3 is 25.2 Å². The summed E-state index contributed by atoms with van der Waals surface area (Å²) in [6.07, 6.45) is -8.78. The van der Waals surface area contributed by atoms with E-state index in [1.807, 2.05) is 12.3 Å². The molecule has 21 heteroatoms. The van der Waals surface area contributed by atoms with Crippen LogP contribution >= 0.6 is 0 Å². The summed E-state index contributed by atoms with van der Waals surface area (Å²) in [6.45, 7) is 5.80. The van der Waals surface area contributed by atoms with Crippen LogP contribution in [0.2, 0.25) is 0 Å². The summed E-state index contributed by atoms with van der Waals surface area (Å²) in [5.74, 6) is -8.70. The molecular formula is C25H30F9N3O9. The van der Waals surface area contributed by atoms with Crippen LogP contribution in [0.5, 0.6) is 0 Å². The molecule has 4 N–H and O–H groups in total. The van der Waals surface area contributed by atoms with Crippen molar-refractivity contribution in [3.05, 3.63) is 30.1 Å². The van der Waals surface area contributed by atoms with Crippen LogP contribution in [-0.4, -0.2) is 123 Å². The summed E-state index contributed by atoms with van der Waals surface area (Å²) in [6, 6.07) is 4.48. The first-order valence-electron chi connectivity index (χ1n) is 13.1. The van der Waals surface area contributed by atoms with Crippen molar-refractivity contribution in [2.45, 2.75) is 50.4 Å². The SMILES string of the molecule is O=C(O)C(F)(F)F.O=C(O)C(F)(F)F.O=C(O)C(F)(F)F.O=C(O)[C@]12CCCN(C3CCOC3)C[C@H]1CN(Cc1cccnc1)C2. The van der Waals surface area contributed by atoms with Gasteiger partial charge in [-0.2, -0.15) is 39.5 Å². The van der Waals surface area contributed by atoms with E-state index in [0.29, 0.717) is 12.6 Å². The first-order valence-corrected chi connectivity index (χ1v) is 13.1. The molecule has 3 atom stereocenters. The van der Waals surface area contributed by atoms with Gasteiger partial charge >= 0.3 is 42.4 Å². The number of nitrogens with zero attached hydrogens (tertiary/aromatic N) is 3. The molecule has 12 nitrogen and oxygen atoms in total. The van der Waals surface area contributed by atoms with Crippen molar-refractivity contribution in [3.63, 3.8) is 0 Å². The summed E-state index contributed by atoms with van der Waals surface area (Å²) in [7, 11) is 0. The quantitative estimate of drug-likeness (QED) is 0.340. The highest BCUT2D eigenvalue weighted by Gasteiger charge is 2.53. The fourth-order valence-electron chi connectivity index (χ4n) is 4.93. The number of halogens is 9. The van der Waals surface area contributed by atoms with E-state index in [9.17, 15) is 49.4 Å². The van der Waals surface area contributed by atoms with E-state index in [4.69, 9.17) is 34.4 Å². The number of rotatable bonds is 4. The summed E-state index contributed by atoms with van der Waals surface area (Å²) in [4.78, 5) is 47.9. The molecule has 3 aliphatic rings. The van der Waals surface area contributed by atoms with Crippen molar-refractivity contribution in [2.75, 3.05) is 39.4 Å². The van der Waals surface area contributed by atoms with Crippen LogP contribution in [0.15, 0.2) is 24.5 Å². The Labute approximate surface area is 254 Å². The minimum absolute atomic E-state index is 0.185. The summed E-state index contributed by atoms with van der Waals surface area (Å²) >= 11 is 0. The normalized spacial score (nSPS) is 23.6. The monoisotopic (exact) mass is 687 g/mol. The molecule has 1 unspecified atom stereocenters. The van der Waals surface area contributed by atoms with E-state index in [1.165, 1.54) is 0 Å². The maximum absolute atomic E-state index is 12.3. The summed E-state index contributed by atoms with van der Waals surface area (Å²) in [5.41, 5.74) is 0.553. The number of alkyl halides is 9. The first-order chi connectivity index (χ1) is 21.0. The van der Waals surface area contributed by atoms with Gasteiger partial charge in [-0.3, -0.25) is 19.6 Å². The Morgan fingerprint density at radius 3 is 1.80 bits per heavy atom. The number of likely N-dealkylation sites (tertiary alicyclic amines) is 2. The Morgan fingerprint density at radius 1 is 0.891 bits per heavy atom. The van der Waals surface area contributed by atoms with E-state index in [0.717, 1.165) is 64.2 Å². The minimum atomic E-state index is -5.08. The zero-order chi connectivity index (χ0) is 35.5. The lowest BCUT2D eigenvalue weighted by Gasteiger charge is -2.31. The van der Waals surface area contributed by atoms with Crippen LogP contribution in [-0.2, 0) is 30.5 Å². The molecule has 262 valence electrons. The zero-order valence-electron chi connectivity index (χ0n) is 23.6. The Balaban J connectivity index is 0.000000413. The molecule has 3 fully saturated rings. The van der Waals surface area contributed by atoms with E-state index < -0.39 is 47.8 Å². The topological polar surface area (TPSA) is 178 Å². The molecule has 0 amide bonds. The molecule has 3 aliphatic heterocycles. The number of hydrogen-bond donors (Lipinski definition) is 4. The number of carbonyl (C=O) groups is 4. The Morgan fingerprint density at radius 2 is 1.41 bits per heavy atom. The van der Waals surface area contributed by atoms with Crippen LogP contribution in [0.4, 0.5) is 39.5 Å². The second-order valence-electron chi connectivity index (χ2n) is 10.2. The molecule has 0 aliphatic carbocycles. The molecule has 3 saturated heterocycles. The van der Waals surface area contributed by atoms with Gasteiger partial charge in [0.05, 0.1) is 12.0 Å². The summed E-state index contributed by atoms with van der Waals surface area (Å²) in [5, 5.41) is 31.5. The van der Waals surface area contributed by atoms with Crippen LogP contribution in [0, 0.1) is 11.3 Å². The van der Waals surface area contributed by atoms with Crippen LogP contribution in [0.25, 0.3) is 0 Å². The predicted molar refractivity (Wildman–Crippen MR) is 134 cm³/mol. The van der Waals surface area contributed by atoms with E-state index in [1.54, 1.807) is 6.20 Å². The highest BCUT2D eigenvalue weighted by Crippen LogP contribution is 2.44. The maximum atomic E-state index is 12.3. The second kappa shape index (κ2) is 16.7. The van der Waals surface area contributed by atoms with Crippen LogP contribution in [0.3, 0.4) is 0 Å². The molecule has 46 heavy (non-hydrogen) atoms. The Bertz CT molecular complexity index is 1100. The summed E-state index contributed by atoms with van der Waals surface area (Å²) < 4.78 is 101. The fraction of sp³-hybridized carbons (Fsp3) is 0.640.